The third kappa shape index (κ3) is 4.18. The Labute approximate surface area is 243 Å². The molecule has 0 aliphatic heterocycles. The van der Waals surface area contributed by atoms with Gasteiger partial charge in [0.1, 0.15) is 0 Å². The lowest BCUT2D eigenvalue weighted by Gasteiger charge is -2.15. The van der Waals surface area contributed by atoms with E-state index in [1.807, 2.05) is 11.8 Å². The highest BCUT2D eigenvalue weighted by atomic mass is 32.2. The zero-order valence-corrected chi connectivity index (χ0v) is 23.2. The largest absolute Gasteiger partial charge is 0.0888 e. The fourth-order valence-corrected chi connectivity index (χ4v) is 7.26. The summed E-state index contributed by atoms with van der Waals surface area (Å²) in [7, 11) is 0. The lowest BCUT2D eigenvalue weighted by atomic mass is 9.89. The van der Waals surface area contributed by atoms with Gasteiger partial charge in [0.2, 0.25) is 0 Å². The first-order chi connectivity index (χ1) is 20.3. The van der Waals surface area contributed by atoms with E-state index >= 15 is 0 Å². The normalized spacial score (nSPS) is 11.5. The van der Waals surface area contributed by atoms with Crippen LogP contribution in [-0.4, -0.2) is 0 Å². The molecule has 192 valence electrons. The first-order valence-electron chi connectivity index (χ1n) is 14.0. The van der Waals surface area contributed by atoms with Crippen LogP contribution in [0.25, 0.3) is 65.3 Å². The van der Waals surface area contributed by atoms with Gasteiger partial charge in [-0.1, -0.05) is 151 Å². The molecule has 0 saturated carbocycles. The number of hydrogen-bond donors (Lipinski definition) is 0. The van der Waals surface area contributed by atoms with E-state index in [0.29, 0.717) is 0 Å². The summed E-state index contributed by atoms with van der Waals surface area (Å²) in [5.41, 5.74) is 5.05. The fourth-order valence-electron chi connectivity index (χ4n) is 6.15. The summed E-state index contributed by atoms with van der Waals surface area (Å²) in [5.74, 6) is 0. The van der Waals surface area contributed by atoms with Crippen LogP contribution < -0.4 is 0 Å². The van der Waals surface area contributed by atoms with Gasteiger partial charge in [-0.3, -0.25) is 0 Å². The molecular weight excluding hydrogens is 513 g/mol. The molecule has 41 heavy (non-hydrogen) atoms. The molecule has 0 amide bonds. The third-order valence-corrected chi connectivity index (χ3v) is 9.28. The van der Waals surface area contributed by atoms with Crippen molar-refractivity contribution in [3.8, 4) is 22.3 Å². The highest BCUT2D eigenvalue weighted by Crippen LogP contribution is 2.42. The van der Waals surface area contributed by atoms with Crippen molar-refractivity contribution >= 4 is 54.9 Å². The van der Waals surface area contributed by atoms with E-state index in [2.05, 4.69) is 158 Å². The molecule has 1 heteroatoms. The van der Waals surface area contributed by atoms with Crippen LogP contribution in [0.4, 0.5) is 0 Å². The van der Waals surface area contributed by atoms with Crippen molar-refractivity contribution in [2.75, 3.05) is 0 Å². The molecule has 0 nitrogen and oxygen atoms in total. The average molecular weight is 539 g/mol. The van der Waals surface area contributed by atoms with Crippen LogP contribution in [0.5, 0.6) is 0 Å². The van der Waals surface area contributed by atoms with Gasteiger partial charge in [-0.05, 0) is 83.5 Å². The van der Waals surface area contributed by atoms with Crippen LogP contribution in [0, 0.1) is 0 Å². The van der Waals surface area contributed by atoms with Gasteiger partial charge in [-0.15, -0.1) is 0 Å². The molecule has 0 aliphatic carbocycles. The summed E-state index contributed by atoms with van der Waals surface area (Å²) >= 11 is 1.85. The van der Waals surface area contributed by atoms with Gasteiger partial charge in [0.15, 0.2) is 0 Å². The van der Waals surface area contributed by atoms with E-state index < -0.39 is 0 Å². The van der Waals surface area contributed by atoms with Crippen molar-refractivity contribution in [1.29, 1.82) is 0 Å². The molecule has 0 spiro atoms. The van der Waals surface area contributed by atoms with Crippen LogP contribution in [0.1, 0.15) is 0 Å². The standard InChI is InChI=1S/C40H26S/c1-2-12-29-26-30(23-22-27(29)10-1)31-24-25-37(34-16-6-5-15-33(31)34)35-17-8-19-38-36(35)18-9-21-40(38)41-39-20-7-13-28-11-3-4-14-32(28)39/h1-26H. The summed E-state index contributed by atoms with van der Waals surface area (Å²) < 4.78 is 0. The number of fused-ring (bicyclic) bond motifs is 4. The molecule has 8 aromatic rings. The maximum Gasteiger partial charge on any atom is 0.0201 e. The summed E-state index contributed by atoms with van der Waals surface area (Å²) in [5, 5.41) is 10.2. The summed E-state index contributed by atoms with van der Waals surface area (Å²) in [4.78, 5) is 2.56. The maximum absolute atomic E-state index is 2.31. The second-order valence-electron chi connectivity index (χ2n) is 10.5. The predicted molar refractivity (Wildman–Crippen MR) is 178 cm³/mol. The van der Waals surface area contributed by atoms with E-state index in [1.54, 1.807) is 0 Å². The fraction of sp³-hybridized carbons (Fsp3) is 0. The molecule has 0 aromatic heterocycles. The number of rotatable bonds is 4. The minimum Gasteiger partial charge on any atom is -0.0888 e. The van der Waals surface area contributed by atoms with Crippen molar-refractivity contribution in [3.05, 3.63) is 158 Å². The maximum atomic E-state index is 2.31. The van der Waals surface area contributed by atoms with E-state index in [4.69, 9.17) is 0 Å². The average Bonchev–Trinajstić information content (AvgIpc) is 3.04. The second kappa shape index (κ2) is 9.96. The van der Waals surface area contributed by atoms with Crippen LogP contribution in [0.15, 0.2) is 168 Å². The van der Waals surface area contributed by atoms with Gasteiger partial charge in [0.25, 0.3) is 0 Å². The molecule has 0 radical (unpaired) electrons. The lowest BCUT2D eigenvalue weighted by molar-refractivity contribution is 1.49. The van der Waals surface area contributed by atoms with Gasteiger partial charge in [0.05, 0.1) is 0 Å². The molecular formula is C40H26S. The van der Waals surface area contributed by atoms with Gasteiger partial charge < -0.3 is 0 Å². The Hall–Kier alpha value is -4.85. The van der Waals surface area contributed by atoms with Crippen LogP contribution in [-0.2, 0) is 0 Å². The molecule has 8 rings (SSSR count). The SMILES string of the molecule is c1ccc2cc(-c3ccc(-c4cccc5c(Sc6cccc7ccccc67)cccc45)c4ccccc34)ccc2c1. The molecule has 0 N–H and O–H groups in total. The Morgan fingerprint density at radius 2 is 0.805 bits per heavy atom. The zero-order valence-electron chi connectivity index (χ0n) is 22.4. The van der Waals surface area contributed by atoms with E-state index in [-0.39, 0.29) is 0 Å². The summed E-state index contributed by atoms with van der Waals surface area (Å²) in [6, 6.07) is 57.5. The molecule has 8 aromatic carbocycles. The molecule has 0 aliphatic rings. The minimum absolute atomic E-state index is 1.25. The zero-order chi connectivity index (χ0) is 27.2. The predicted octanol–water partition coefficient (Wildman–Crippen LogP) is 11.8. The Kier molecular flexibility index (Phi) is 5.83. The van der Waals surface area contributed by atoms with Gasteiger partial charge in [0, 0.05) is 9.79 Å². The van der Waals surface area contributed by atoms with Gasteiger partial charge in [-0.25, -0.2) is 0 Å². The Bertz CT molecular complexity index is 2240. The number of benzene rings is 8. The first kappa shape index (κ1) is 24.0. The van der Waals surface area contributed by atoms with Crippen LogP contribution >= 0.6 is 11.8 Å². The summed E-state index contributed by atoms with van der Waals surface area (Å²) in [6.45, 7) is 0. The van der Waals surface area contributed by atoms with E-state index in [1.165, 1.54) is 75.1 Å². The second-order valence-corrected chi connectivity index (χ2v) is 11.6. The summed E-state index contributed by atoms with van der Waals surface area (Å²) in [6.07, 6.45) is 0. The van der Waals surface area contributed by atoms with Crippen molar-refractivity contribution in [1.82, 2.24) is 0 Å². The molecule has 0 atom stereocenters. The van der Waals surface area contributed by atoms with E-state index in [9.17, 15) is 0 Å². The smallest absolute Gasteiger partial charge is 0.0201 e. The minimum atomic E-state index is 1.25. The van der Waals surface area contributed by atoms with Crippen molar-refractivity contribution in [2.45, 2.75) is 9.79 Å². The monoisotopic (exact) mass is 538 g/mol. The first-order valence-corrected chi connectivity index (χ1v) is 14.8. The highest BCUT2D eigenvalue weighted by molar-refractivity contribution is 7.99. The van der Waals surface area contributed by atoms with E-state index in [0.717, 1.165) is 0 Å². The van der Waals surface area contributed by atoms with Gasteiger partial charge in [-0.2, -0.15) is 0 Å². The van der Waals surface area contributed by atoms with Crippen LogP contribution in [0.2, 0.25) is 0 Å². The lowest BCUT2D eigenvalue weighted by Crippen LogP contribution is -1.88. The third-order valence-electron chi connectivity index (χ3n) is 8.13. The molecule has 0 saturated heterocycles. The topological polar surface area (TPSA) is 0 Å². The molecule has 0 bridgehead atoms. The van der Waals surface area contributed by atoms with Gasteiger partial charge >= 0.3 is 0 Å². The Balaban J connectivity index is 1.28. The number of hydrogen-bond acceptors (Lipinski definition) is 1. The molecule has 0 unspecified atom stereocenters. The van der Waals surface area contributed by atoms with Crippen molar-refractivity contribution in [2.24, 2.45) is 0 Å². The van der Waals surface area contributed by atoms with Crippen LogP contribution in [0.3, 0.4) is 0 Å². The molecule has 0 heterocycles. The van der Waals surface area contributed by atoms with Crippen molar-refractivity contribution < 1.29 is 0 Å². The van der Waals surface area contributed by atoms with Crippen molar-refractivity contribution in [3.63, 3.8) is 0 Å². The Morgan fingerprint density at radius 3 is 1.66 bits per heavy atom. The Morgan fingerprint density at radius 1 is 0.293 bits per heavy atom. The quantitative estimate of drug-likeness (QED) is 0.215. The molecule has 0 fully saturated rings. The highest BCUT2D eigenvalue weighted by Gasteiger charge is 2.14.